The highest BCUT2D eigenvalue weighted by atomic mass is 32.2. The van der Waals surface area contributed by atoms with Crippen LogP contribution in [0.2, 0.25) is 0 Å². The molecular weight excluding hydrogens is 266 g/mol. The van der Waals surface area contributed by atoms with Gasteiger partial charge < -0.3 is 10.5 Å². The average molecular weight is 285 g/mol. The highest BCUT2D eigenvalue weighted by Crippen LogP contribution is 2.33. The van der Waals surface area contributed by atoms with Crippen LogP contribution in [0, 0.1) is 6.92 Å². The first-order chi connectivity index (χ1) is 9.74. The van der Waals surface area contributed by atoms with Crippen molar-refractivity contribution in [1.29, 1.82) is 0 Å². The Kier molecular flexibility index (Phi) is 3.99. The summed E-state index contributed by atoms with van der Waals surface area (Å²) in [6.45, 7) is 2.94. The van der Waals surface area contributed by atoms with E-state index in [-0.39, 0.29) is 6.10 Å². The Balaban J connectivity index is 1.75. The predicted molar refractivity (Wildman–Crippen MR) is 85.2 cm³/mol. The van der Waals surface area contributed by atoms with E-state index in [9.17, 15) is 0 Å². The summed E-state index contributed by atoms with van der Waals surface area (Å²) in [6.07, 6.45) is 1.21. The maximum absolute atomic E-state index is 5.94. The van der Waals surface area contributed by atoms with E-state index >= 15 is 0 Å². The number of hydrogen-bond acceptors (Lipinski definition) is 3. The first kappa shape index (κ1) is 13.5. The van der Waals surface area contributed by atoms with Gasteiger partial charge >= 0.3 is 0 Å². The van der Waals surface area contributed by atoms with Crippen LogP contribution < -0.4 is 5.73 Å². The molecule has 1 atom stereocenters. The van der Waals surface area contributed by atoms with E-state index in [1.807, 2.05) is 17.8 Å². The number of rotatable bonds is 3. The van der Waals surface area contributed by atoms with Crippen molar-refractivity contribution in [3.63, 3.8) is 0 Å². The van der Waals surface area contributed by atoms with Gasteiger partial charge in [-0.15, -0.1) is 11.8 Å². The normalized spacial score (nSPS) is 17.8. The van der Waals surface area contributed by atoms with Gasteiger partial charge in [0.25, 0.3) is 0 Å². The van der Waals surface area contributed by atoms with E-state index in [0.29, 0.717) is 0 Å². The third-order valence-corrected chi connectivity index (χ3v) is 4.92. The molecule has 20 heavy (non-hydrogen) atoms. The molecule has 1 aliphatic rings. The highest BCUT2D eigenvalue weighted by molar-refractivity contribution is 7.99. The molecule has 0 aliphatic carbocycles. The maximum Gasteiger partial charge on any atom is 0.0921 e. The summed E-state index contributed by atoms with van der Waals surface area (Å²) in [5.41, 5.74) is 10.7. The standard InChI is InChI=1S/C17H19NOS/c1-12-6-7-14(18)10-17(12)20-11-16-15-5-3-2-4-13(15)8-9-19-16/h2-7,10,16H,8-9,11,18H2,1H3. The average Bonchev–Trinajstić information content (AvgIpc) is 2.48. The Morgan fingerprint density at radius 3 is 3.00 bits per heavy atom. The molecule has 104 valence electrons. The molecule has 0 saturated heterocycles. The smallest absolute Gasteiger partial charge is 0.0921 e. The summed E-state index contributed by atoms with van der Waals surface area (Å²) in [5.74, 6) is 0.932. The molecule has 3 heteroatoms. The molecule has 0 bridgehead atoms. The number of aryl methyl sites for hydroxylation is 1. The number of benzene rings is 2. The zero-order chi connectivity index (χ0) is 13.9. The van der Waals surface area contributed by atoms with Crippen molar-refractivity contribution in [2.75, 3.05) is 18.1 Å². The number of hydrogen-bond donors (Lipinski definition) is 1. The molecule has 1 unspecified atom stereocenters. The summed E-state index contributed by atoms with van der Waals surface area (Å²) in [6, 6.07) is 14.7. The Morgan fingerprint density at radius 1 is 1.25 bits per heavy atom. The van der Waals surface area contributed by atoms with Gasteiger partial charge in [0, 0.05) is 16.3 Å². The van der Waals surface area contributed by atoms with E-state index in [2.05, 4.69) is 43.3 Å². The fourth-order valence-corrected chi connectivity index (χ4v) is 3.67. The number of nitrogen functional groups attached to an aromatic ring is 1. The lowest BCUT2D eigenvalue weighted by molar-refractivity contribution is 0.0588. The van der Waals surface area contributed by atoms with Gasteiger partial charge in [-0.25, -0.2) is 0 Å². The number of thioether (sulfide) groups is 1. The first-order valence-electron chi connectivity index (χ1n) is 6.92. The summed E-state index contributed by atoms with van der Waals surface area (Å²) in [5, 5.41) is 0. The Hall–Kier alpha value is -1.45. The Morgan fingerprint density at radius 2 is 2.10 bits per heavy atom. The van der Waals surface area contributed by atoms with Crippen molar-refractivity contribution in [2.24, 2.45) is 0 Å². The van der Waals surface area contributed by atoms with Gasteiger partial charge in [-0.05, 0) is 42.2 Å². The van der Waals surface area contributed by atoms with E-state index in [4.69, 9.17) is 10.5 Å². The van der Waals surface area contributed by atoms with E-state index in [0.717, 1.165) is 24.5 Å². The van der Waals surface area contributed by atoms with Crippen molar-refractivity contribution >= 4 is 17.4 Å². The van der Waals surface area contributed by atoms with Crippen molar-refractivity contribution in [1.82, 2.24) is 0 Å². The van der Waals surface area contributed by atoms with Crippen molar-refractivity contribution in [3.05, 3.63) is 59.2 Å². The molecule has 1 aliphatic heterocycles. The summed E-state index contributed by atoms with van der Waals surface area (Å²) >= 11 is 1.83. The van der Waals surface area contributed by atoms with Crippen LogP contribution in [0.5, 0.6) is 0 Å². The topological polar surface area (TPSA) is 35.2 Å². The molecule has 2 aromatic carbocycles. The summed E-state index contributed by atoms with van der Waals surface area (Å²) < 4.78 is 5.94. The van der Waals surface area contributed by atoms with E-state index in [1.54, 1.807) is 0 Å². The molecule has 1 heterocycles. The largest absolute Gasteiger partial charge is 0.399 e. The summed E-state index contributed by atoms with van der Waals surface area (Å²) in [4.78, 5) is 1.25. The van der Waals surface area contributed by atoms with Gasteiger partial charge in [-0.1, -0.05) is 30.3 Å². The van der Waals surface area contributed by atoms with Gasteiger partial charge in [0.15, 0.2) is 0 Å². The lowest BCUT2D eigenvalue weighted by Gasteiger charge is -2.26. The van der Waals surface area contributed by atoms with Crippen molar-refractivity contribution < 1.29 is 4.74 Å². The molecule has 2 aromatic rings. The van der Waals surface area contributed by atoms with E-state index in [1.165, 1.54) is 21.6 Å². The first-order valence-corrected chi connectivity index (χ1v) is 7.91. The molecule has 3 rings (SSSR count). The van der Waals surface area contributed by atoms with Crippen LogP contribution in [0.4, 0.5) is 5.69 Å². The van der Waals surface area contributed by atoms with Gasteiger partial charge in [0.2, 0.25) is 0 Å². The van der Waals surface area contributed by atoms with Gasteiger partial charge in [0.05, 0.1) is 12.7 Å². The Labute approximate surface area is 124 Å². The molecule has 0 saturated carbocycles. The fraction of sp³-hybridized carbons (Fsp3) is 0.294. The molecule has 0 amide bonds. The van der Waals surface area contributed by atoms with Crippen LogP contribution in [0.15, 0.2) is 47.4 Å². The minimum absolute atomic E-state index is 0.186. The number of anilines is 1. The second-order valence-corrected chi connectivity index (χ2v) is 6.21. The number of fused-ring (bicyclic) bond motifs is 1. The van der Waals surface area contributed by atoms with Gasteiger partial charge in [0.1, 0.15) is 0 Å². The second kappa shape index (κ2) is 5.90. The van der Waals surface area contributed by atoms with Gasteiger partial charge in [-0.3, -0.25) is 0 Å². The minimum Gasteiger partial charge on any atom is -0.399 e. The highest BCUT2D eigenvalue weighted by Gasteiger charge is 2.20. The van der Waals surface area contributed by atoms with E-state index < -0.39 is 0 Å². The minimum atomic E-state index is 0.186. The number of ether oxygens (including phenoxy) is 1. The SMILES string of the molecule is Cc1ccc(N)cc1SCC1OCCc2ccccc21. The number of nitrogens with two attached hydrogens (primary N) is 1. The molecule has 2 N–H and O–H groups in total. The third kappa shape index (κ3) is 2.84. The fourth-order valence-electron chi connectivity index (χ4n) is 2.55. The van der Waals surface area contributed by atoms with Gasteiger partial charge in [-0.2, -0.15) is 0 Å². The van der Waals surface area contributed by atoms with Crippen molar-refractivity contribution in [2.45, 2.75) is 24.3 Å². The molecule has 2 nitrogen and oxygen atoms in total. The van der Waals surface area contributed by atoms with Crippen LogP contribution >= 0.6 is 11.8 Å². The monoisotopic (exact) mass is 285 g/mol. The zero-order valence-electron chi connectivity index (χ0n) is 11.6. The second-order valence-electron chi connectivity index (χ2n) is 5.14. The van der Waals surface area contributed by atoms with Crippen molar-refractivity contribution in [3.8, 4) is 0 Å². The summed E-state index contributed by atoms with van der Waals surface area (Å²) in [7, 11) is 0. The zero-order valence-corrected chi connectivity index (χ0v) is 12.5. The lowest BCUT2D eigenvalue weighted by Crippen LogP contribution is -2.17. The molecule has 0 spiro atoms. The molecule has 0 aromatic heterocycles. The Bertz CT molecular complexity index is 612. The molecular formula is C17H19NOS. The molecule has 0 fully saturated rings. The van der Waals surface area contributed by atoms with Crippen LogP contribution in [-0.2, 0) is 11.2 Å². The third-order valence-electron chi connectivity index (χ3n) is 3.69. The van der Waals surface area contributed by atoms with Crippen LogP contribution in [0.3, 0.4) is 0 Å². The molecule has 0 radical (unpaired) electrons. The predicted octanol–water partition coefficient (Wildman–Crippen LogP) is 3.98. The van der Waals surface area contributed by atoms with Crippen LogP contribution in [0.1, 0.15) is 22.8 Å². The van der Waals surface area contributed by atoms with Crippen LogP contribution in [0.25, 0.3) is 0 Å². The maximum atomic E-state index is 5.94. The quantitative estimate of drug-likeness (QED) is 0.684. The lowest BCUT2D eigenvalue weighted by atomic mass is 9.99. The van der Waals surface area contributed by atoms with Crippen LogP contribution in [-0.4, -0.2) is 12.4 Å².